The summed E-state index contributed by atoms with van der Waals surface area (Å²) in [5.41, 5.74) is 3.26. The second-order valence-corrected chi connectivity index (χ2v) is 9.39. The highest BCUT2D eigenvalue weighted by Crippen LogP contribution is 2.22. The van der Waals surface area contributed by atoms with E-state index >= 15 is 0 Å². The minimum Gasteiger partial charge on any atom is -0.326 e. The van der Waals surface area contributed by atoms with Crippen LogP contribution in [0, 0.1) is 0 Å². The zero-order valence-electron chi connectivity index (χ0n) is 16.3. The number of carbonyl (C=O) groups is 1. The molecule has 158 valence electrons. The molecule has 2 aromatic heterocycles. The Labute approximate surface area is 188 Å². The molecule has 0 aliphatic rings. The van der Waals surface area contributed by atoms with Crippen molar-refractivity contribution in [2.45, 2.75) is 11.3 Å². The Hall–Kier alpha value is -3.01. The van der Waals surface area contributed by atoms with Crippen LogP contribution in [0.4, 0.5) is 5.69 Å². The van der Waals surface area contributed by atoms with Crippen molar-refractivity contribution in [1.82, 2.24) is 14.1 Å². The predicted octanol–water partition coefficient (Wildman–Crippen LogP) is 4.07. The number of hydrogen-bond donors (Lipinski definition) is 2. The van der Waals surface area contributed by atoms with E-state index in [4.69, 9.17) is 0 Å². The predicted molar refractivity (Wildman–Crippen MR) is 123 cm³/mol. The summed E-state index contributed by atoms with van der Waals surface area (Å²) in [5.74, 6) is -0.282. The van der Waals surface area contributed by atoms with Gasteiger partial charge in [-0.25, -0.2) is 18.1 Å². The van der Waals surface area contributed by atoms with E-state index in [0.29, 0.717) is 10.2 Å². The monoisotopic (exact) mass is 498 g/mol. The minimum absolute atomic E-state index is 0.00513. The fourth-order valence-electron chi connectivity index (χ4n) is 3.06. The lowest BCUT2D eigenvalue weighted by molar-refractivity contribution is -0.116. The largest absolute Gasteiger partial charge is 0.326 e. The Morgan fingerprint density at radius 1 is 1.00 bits per heavy atom. The second kappa shape index (κ2) is 9.01. The van der Waals surface area contributed by atoms with Gasteiger partial charge in [0.15, 0.2) is 0 Å². The van der Waals surface area contributed by atoms with E-state index in [0.717, 1.165) is 16.9 Å². The van der Waals surface area contributed by atoms with Crippen LogP contribution in [0.2, 0.25) is 0 Å². The third kappa shape index (κ3) is 5.01. The molecule has 2 aromatic carbocycles. The maximum absolute atomic E-state index is 12.3. The number of benzene rings is 2. The van der Waals surface area contributed by atoms with Crippen molar-refractivity contribution in [1.29, 1.82) is 0 Å². The molecule has 1 amide bonds. The van der Waals surface area contributed by atoms with Gasteiger partial charge in [-0.1, -0.05) is 30.3 Å². The molecule has 0 aliphatic carbocycles. The van der Waals surface area contributed by atoms with E-state index in [1.807, 2.05) is 47.1 Å². The highest BCUT2D eigenvalue weighted by molar-refractivity contribution is 9.10. The molecule has 4 aromatic rings. The Kier molecular flexibility index (Phi) is 6.17. The summed E-state index contributed by atoms with van der Waals surface area (Å²) in [6, 6.07) is 19.7. The lowest BCUT2D eigenvalue weighted by Crippen LogP contribution is -2.28. The van der Waals surface area contributed by atoms with Gasteiger partial charge < -0.3 is 9.72 Å². The van der Waals surface area contributed by atoms with E-state index in [-0.39, 0.29) is 23.8 Å². The first-order valence-corrected chi connectivity index (χ1v) is 11.8. The Bertz CT molecular complexity index is 1300. The number of amides is 1. The molecular weight excluding hydrogens is 480 g/mol. The van der Waals surface area contributed by atoms with Crippen molar-refractivity contribution in [2.24, 2.45) is 0 Å². The molecule has 4 rings (SSSR count). The zero-order chi connectivity index (χ0) is 21.8. The molecular formula is C22H19BrN4O3S. The highest BCUT2D eigenvalue weighted by atomic mass is 79.9. The van der Waals surface area contributed by atoms with E-state index < -0.39 is 10.0 Å². The number of rotatable bonds is 7. The fraction of sp³-hybridized carbons (Fsp3) is 0.0909. The minimum atomic E-state index is -3.69. The van der Waals surface area contributed by atoms with Gasteiger partial charge >= 0.3 is 0 Å². The van der Waals surface area contributed by atoms with Gasteiger partial charge in [-0.05, 0) is 52.3 Å². The van der Waals surface area contributed by atoms with Crippen LogP contribution in [0.3, 0.4) is 0 Å². The average Bonchev–Trinajstić information content (AvgIpc) is 3.18. The molecule has 0 atom stereocenters. The summed E-state index contributed by atoms with van der Waals surface area (Å²) in [4.78, 5) is 16.9. The summed E-state index contributed by atoms with van der Waals surface area (Å²) in [7, 11) is -3.69. The van der Waals surface area contributed by atoms with E-state index in [1.54, 1.807) is 30.3 Å². The smallest absolute Gasteiger partial charge is 0.241 e. The lowest BCUT2D eigenvalue weighted by atomic mass is 10.1. The molecule has 7 nitrogen and oxygen atoms in total. The van der Waals surface area contributed by atoms with Crippen LogP contribution in [-0.2, 0) is 14.8 Å². The number of pyridine rings is 1. The van der Waals surface area contributed by atoms with Crippen LogP contribution in [0.5, 0.6) is 0 Å². The van der Waals surface area contributed by atoms with Crippen LogP contribution >= 0.6 is 15.9 Å². The number of nitrogens with one attached hydrogen (secondary N) is 2. The van der Waals surface area contributed by atoms with Crippen LogP contribution in [0.25, 0.3) is 16.9 Å². The van der Waals surface area contributed by atoms with Crippen LogP contribution in [-0.4, -0.2) is 30.3 Å². The number of sulfonamides is 1. The standard InChI is InChI=1S/C22H19BrN4O3S/c23-18-5-1-2-6-20(18)31(29,30)24-13-12-22(28)25-17-10-8-16(9-11-17)19-15-27-14-4-3-7-21(27)26-19/h1-11,14-15,24H,12-13H2,(H,25,28). The summed E-state index contributed by atoms with van der Waals surface area (Å²) in [6.45, 7) is -0.00513. The average molecular weight is 499 g/mol. The van der Waals surface area contributed by atoms with Crippen LogP contribution in [0.1, 0.15) is 6.42 Å². The number of carbonyl (C=O) groups excluding carboxylic acids is 1. The van der Waals surface area contributed by atoms with Crippen molar-refractivity contribution < 1.29 is 13.2 Å². The third-order valence-corrected chi connectivity index (χ3v) is 7.07. The summed E-state index contributed by atoms with van der Waals surface area (Å²) < 4.78 is 29.6. The second-order valence-electron chi connectivity index (χ2n) is 6.80. The molecule has 31 heavy (non-hydrogen) atoms. The number of imidazole rings is 1. The molecule has 0 aliphatic heterocycles. The lowest BCUT2D eigenvalue weighted by Gasteiger charge is -2.09. The zero-order valence-corrected chi connectivity index (χ0v) is 18.7. The molecule has 0 saturated carbocycles. The van der Waals surface area contributed by atoms with Crippen LogP contribution in [0.15, 0.2) is 88.5 Å². The van der Waals surface area contributed by atoms with E-state index in [9.17, 15) is 13.2 Å². The van der Waals surface area contributed by atoms with E-state index in [2.05, 4.69) is 31.0 Å². The summed E-state index contributed by atoms with van der Waals surface area (Å²) in [6.07, 6.45) is 3.89. The van der Waals surface area contributed by atoms with Gasteiger partial charge in [-0.15, -0.1) is 0 Å². The summed E-state index contributed by atoms with van der Waals surface area (Å²) in [5, 5.41) is 2.78. The van der Waals surface area contributed by atoms with Gasteiger partial charge in [-0.2, -0.15) is 0 Å². The molecule has 0 radical (unpaired) electrons. The van der Waals surface area contributed by atoms with Crippen molar-refractivity contribution >= 4 is 43.2 Å². The summed E-state index contributed by atoms with van der Waals surface area (Å²) >= 11 is 3.23. The van der Waals surface area contributed by atoms with Gasteiger partial charge in [0, 0.05) is 41.1 Å². The normalized spacial score (nSPS) is 11.5. The first kappa shape index (κ1) is 21.2. The number of halogens is 1. The fourth-order valence-corrected chi connectivity index (χ4v) is 5.09. The highest BCUT2D eigenvalue weighted by Gasteiger charge is 2.17. The quantitative estimate of drug-likeness (QED) is 0.401. The Balaban J connectivity index is 1.33. The number of aromatic nitrogens is 2. The van der Waals surface area contributed by atoms with Crippen molar-refractivity contribution in [3.05, 3.63) is 83.6 Å². The van der Waals surface area contributed by atoms with Crippen molar-refractivity contribution in [2.75, 3.05) is 11.9 Å². The molecule has 2 N–H and O–H groups in total. The molecule has 0 unspecified atom stereocenters. The Morgan fingerprint density at radius 2 is 1.74 bits per heavy atom. The first-order valence-electron chi connectivity index (χ1n) is 9.51. The molecule has 9 heteroatoms. The number of anilines is 1. The van der Waals surface area contributed by atoms with Gasteiger partial charge in [0.05, 0.1) is 10.6 Å². The first-order chi connectivity index (χ1) is 14.9. The SMILES string of the molecule is O=C(CCNS(=O)(=O)c1ccccc1Br)Nc1ccc(-c2cn3ccccc3n2)cc1. The molecule has 0 spiro atoms. The number of fused-ring (bicyclic) bond motifs is 1. The van der Waals surface area contributed by atoms with Crippen molar-refractivity contribution in [3.8, 4) is 11.3 Å². The van der Waals surface area contributed by atoms with Crippen LogP contribution < -0.4 is 10.0 Å². The topological polar surface area (TPSA) is 92.6 Å². The van der Waals surface area contributed by atoms with Gasteiger partial charge in [0.25, 0.3) is 0 Å². The number of nitrogens with zero attached hydrogens (tertiary/aromatic N) is 2. The Morgan fingerprint density at radius 3 is 2.48 bits per heavy atom. The van der Waals surface area contributed by atoms with Crippen molar-refractivity contribution in [3.63, 3.8) is 0 Å². The maximum Gasteiger partial charge on any atom is 0.241 e. The number of hydrogen-bond acceptors (Lipinski definition) is 4. The van der Waals surface area contributed by atoms with E-state index in [1.165, 1.54) is 6.07 Å². The van der Waals surface area contributed by atoms with Gasteiger partial charge in [-0.3, -0.25) is 4.79 Å². The van der Waals surface area contributed by atoms with Gasteiger partial charge in [0.2, 0.25) is 15.9 Å². The molecule has 0 bridgehead atoms. The third-order valence-electron chi connectivity index (χ3n) is 4.60. The maximum atomic E-state index is 12.3. The van der Waals surface area contributed by atoms with Gasteiger partial charge in [0.1, 0.15) is 5.65 Å². The molecule has 2 heterocycles. The molecule has 0 saturated heterocycles. The molecule has 0 fully saturated rings.